The van der Waals surface area contributed by atoms with Gasteiger partial charge in [-0.15, -0.1) is 0 Å². The first-order valence-corrected chi connectivity index (χ1v) is 10.7. The Hall–Kier alpha value is -2.57. The van der Waals surface area contributed by atoms with E-state index in [1.54, 1.807) is 7.05 Å². The van der Waals surface area contributed by atoms with Gasteiger partial charge in [0.1, 0.15) is 0 Å². The fourth-order valence-electron chi connectivity index (χ4n) is 3.50. The summed E-state index contributed by atoms with van der Waals surface area (Å²) >= 11 is 0. The van der Waals surface area contributed by atoms with E-state index in [0.29, 0.717) is 11.8 Å². The van der Waals surface area contributed by atoms with Crippen molar-refractivity contribution in [3.63, 3.8) is 0 Å². The number of nitrogens with zero attached hydrogens (tertiary/aromatic N) is 4. The molecule has 0 aliphatic carbocycles. The Bertz CT molecular complexity index is 794. The van der Waals surface area contributed by atoms with Gasteiger partial charge in [-0.3, -0.25) is 4.99 Å². The quantitative estimate of drug-likeness (QED) is 0.401. The molecule has 1 aliphatic rings. The molecule has 1 aliphatic heterocycles. The second kappa shape index (κ2) is 10.3. The van der Waals surface area contributed by atoms with E-state index in [0.717, 1.165) is 44.3 Å². The number of hydrogen-bond acceptors (Lipinski definition) is 5. The van der Waals surface area contributed by atoms with Crippen molar-refractivity contribution in [1.82, 2.24) is 20.8 Å². The first-order valence-electron chi connectivity index (χ1n) is 10.7. The normalized spacial score (nSPS) is 15.8. The van der Waals surface area contributed by atoms with Gasteiger partial charge in [0.05, 0.1) is 6.04 Å². The fourth-order valence-corrected chi connectivity index (χ4v) is 3.50. The van der Waals surface area contributed by atoms with Gasteiger partial charge in [-0.05, 0) is 43.9 Å². The lowest BCUT2D eigenvalue weighted by molar-refractivity contribution is 0.368. The molecule has 2 heterocycles. The van der Waals surface area contributed by atoms with Gasteiger partial charge in [0.25, 0.3) is 0 Å². The van der Waals surface area contributed by atoms with Crippen LogP contribution in [0.1, 0.15) is 69.3 Å². The molecule has 2 aromatic rings. The topological polar surface area (TPSA) is 78.6 Å². The first kappa shape index (κ1) is 21.1. The SMILES string of the molecule is CN=C(NCCCc1nc(C(C)C)no1)NC(C)c1cccc(N2CCCC2)c1. The molecule has 29 heavy (non-hydrogen) atoms. The van der Waals surface area contributed by atoms with Gasteiger partial charge in [-0.1, -0.05) is 31.1 Å². The van der Waals surface area contributed by atoms with Crippen LogP contribution in [-0.4, -0.2) is 42.8 Å². The molecule has 1 unspecified atom stereocenters. The summed E-state index contributed by atoms with van der Waals surface area (Å²) in [4.78, 5) is 11.2. The Morgan fingerprint density at radius 3 is 2.72 bits per heavy atom. The third-order valence-electron chi connectivity index (χ3n) is 5.28. The number of anilines is 1. The third-order valence-corrected chi connectivity index (χ3v) is 5.28. The van der Waals surface area contributed by atoms with Crippen molar-refractivity contribution in [1.29, 1.82) is 0 Å². The van der Waals surface area contributed by atoms with Crippen LogP contribution in [0.5, 0.6) is 0 Å². The van der Waals surface area contributed by atoms with Crippen LogP contribution in [-0.2, 0) is 6.42 Å². The molecule has 0 spiro atoms. The number of hydrogen-bond donors (Lipinski definition) is 2. The molecule has 7 heteroatoms. The Morgan fingerprint density at radius 1 is 1.24 bits per heavy atom. The number of guanidine groups is 1. The monoisotopic (exact) mass is 398 g/mol. The Morgan fingerprint density at radius 2 is 2.03 bits per heavy atom. The van der Waals surface area contributed by atoms with Crippen molar-refractivity contribution in [3.05, 3.63) is 41.5 Å². The largest absolute Gasteiger partial charge is 0.372 e. The van der Waals surface area contributed by atoms with Crippen LogP contribution in [0.4, 0.5) is 5.69 Å². The number of rotatable bonds is 8. The number of aromatic nitrogens is 2. The molecule has 7 nitrogen and oxygen atoms in total. The average Bonchev–Trinajstić information content (AvgIpc) is 3.42. The smallest absolute Gasteiger partial charge is 0.226 e. The Labute approximate surface area is 174 Å². The highest BCUT2D eigenvalue weighted by Crippen LogP contribution is 2.23. The molecule has 1 fully saturated rings. The highest BCUT2D eigenvalue weighted by Gasteiger charge is 2.14. The molecule has 0 radical (unpaired) electrons. The van der Waals surface area contributed by atoms with Gasteiger partial charge in [0.2, 0.25) is 5.89 Å². The average molecular weight is 399 g/mol. The molecule has 3 rings (SSSR count). The predicted octanol–water partition coefficient (Wildman–Crippen LogP) is 3.65. The zero-order valence-electron chi connectivity index (χ0n) is 18.1. The number of aliphatic imine (C=N–C) groups is 1. The summed E-state index contributed by atoms with van der Waals surface area (Å²) in [5.41, 5.74) is 2.58. The minimum absolute atomic E-state index is 0.174. The van der Waals surface area contributed by atoms with E-state index in [1.807, 2.05) is 0 Å². The standard InChI is InChI=1S/C22H34N6O/c1-16(2)21-26-20(29-27-21)11-8-12-24-22(23-4)25-17(3)18-9-7-10-19(15-18)28-13-5-6-14-28/h7,9-10,15-17H,5-6,8,11-14H2,1-4H3,(H2,23,24,25). The van der Waals surface area contributed by atoms with Gasteiger partial charge < -0.3 is 20.1 Å². The van der Waals surface area contributed by atoms with Gasteiger partial charge in [-0.25, -0.2) is 0 Å². The summed E-state index contributed by atoms with van der Waals surface area (Å²) in [5, 5.41) is 10.9. The molecule has 1 atom stereocenters. The van der Waals surface area contributed by atoms with Crippen molar-refractivity contribution in [2.45, 2.75) is 58.4 Å². The molecule has 2 N–H and O–H groups in total. The summed E-state index contributed by atoms with van der Waals surface area (Å²) in [5.74, 6) is 2.57. The van der Waals surface area contributed by atoms with E-state index < -0.39 is 0 Å². The van der Waals surface area contributed by atoms with Gasteiger partial charge in [0.15, 0.2) is 11.8 Å². The van der Waals surface area contributed by atoms with Crippen molar-refractivity contribution in [2.75, 3.05) is 31.6 Å². The van der Waals surface area contributed by atoms with Crippen LogP contribution < -0.4 is 15.5 Å². The van der Waals surface area contributed by atoms with E-state index in [1.165, 1.54) is 24.1 Å². The van der Waals surface area contributed by atoms with Crippen LogP contribution in [0.15, 0.2) is 33.8 Å². The number of nitrogens with one attached hydrogen (secondary N) is 2. The van der Waals surface area contributed by atoms with Crippen molar-refractivity contribution in [3.8, 4) is 0 Å². The molecule has 1 aromatic heterocycles. The number of aryl methyl sites for hydroxylation is 1. The molecule has 0 bridgehead atoms. The molecule has 0 amide bonds. The zero-order valence-corrected chi connectivity index (χ0v) is 18.1. The van der Waals surface area contributed by atoms with Crippen molar-refractivity contribution < 1.29 is 4.52 Å². The van der Waals surface area contributed by atoms with E-state index in [4.69, 9.17) is 4.52 Å². The maximum Gasteiger partial charge on any atom is 0.226 e. The highest BCUT2D eigenvalue weighted by atomic mass is 16.5. The van der Waals surface area contributed by atoms with Crippen LogP contribution in [0, 0.1) is 0 Å². The van der Waals surface area contributed by atoms with E-state index in [2.05, 4.69) is 75.7 Å². The number of benzene rings is 1. The van der Waals surface area contributed by atoms with Gasteiger partial charge in [0, 0.05) is 44.7 Å². The summed E-state index contributed by atoms with van der Waals surface area (Å²) in [6.07, 6.45) is 4.24. The summed E-state index contributed by atoms with van der Waals surface area (Å²) in [6, 6.07) is 8.99. The summed E-state index contributed by atoms with van der Waals surface area (Å²) in [6.45, 7) is 9.41. The first-order chi connectivity index (χ1) is 14.1. The van der Waals surface area contributed by atoms with E-state index in [-0.39, 0.29) is 6.04 Å². The van der Waals surface area contributed by atoms with Crippen molar-refractivity contribution in [2.24, 2.45) is 4.99 Å². The second-order valence-electron chi connectivity index (χ2n) is 7.96. The lowest BCUT2D eigenvalue weighted by Gasteiger charge is -2.22. The van der Waals surface area contributed by atoms with Gasteiger partial charge in [-0.2, -0.15) is 4.98 Å². The van der Waals surface area contributed by atoms with Crippen LogP contribution in [0.25, 0.3) is 0 Å². The second-order valence-corrected chi connectivity index (χ2v) is 7.96. The minimum Gasteiger partial charge on any atom is -0.372 e. The Kier molecular flexibility index (Phi) is 7.49. The molecule has 0 saturated carbocycles. The van der Waals surface area contributed by atoms with Crippen LogP contribution in [0.3, 0.4) is 0 Å². The van der Waals surface area contributed by atoms with Crippen LogP contribution >= 0.6 is 0 Å². The summed E-state index contributed by atoms with van der Waals surface area (Å²) < 4.78 is 5.30. The molecular weight excluding hydrogens is 364 g/mol. The van der Waals surface area contributed by atoms with Crippen molar-refractivity contribution >= 4 is 11.6 Å². The predicted molar refractivity (Wildman–Crippen MR) is 118 cm³/mol. The highest BCUT2D eigenvalue weighted by molar-refractivity contribution is 5.80. The molecule has 1 aromatic carbocycles. The Balaban J connectivity index is 1.46. The molecular formula is C22H34N6O. The zero-order chi connectivity index (χ0) is 20.6. The maximum absolute atomic E-state index is 5.30. The maximum atomic E-state index is 5.30. The lowest BCUT2D eigenvalue weighted by atomic mass is 10.1. The molecule has 158 valence electrons. The fraction of sp³-hybridized carbons (Fsp3) is 0.591. The van der Waals surface area contributed by atoms with Crippen LogP contribution in [0.2, 0.25) is 0 Å². The minimum atomic E-state index is 0.174. The molecule has 1 saturated heterocycles. The van der Waals surface area contributed by atoms with Gasteiger partial charge >= 0.3 is 0 Å². The third kappa shape index (κ3) is 5.95. The summed E-state index contributed by atoms with van der Waals surface area (Å²) in [7, 11) is 1.80. The van der Waals surface area contributed by atoms with E-state index >= 15 is 0 Å². The van der Waals surface area contributed by atoms with E-state index in [9.17, 15) is 0 Å². The lowest BCUT2D eigenvalue weighted by Crippen LogP contribution is -2.39.